The second-order valence-electron chi connectivity index (χ2n) is 4.94. The molecule has 0 unspecified atom stereocenters. The minimum atomic E-state index is -1.21. The van der Waals surface area contributed by atoms with Gasteiger partial charge in [-0.3, -0.25) is 14.4 Å². The van der Waals surface area contributed by atoms with E-state index in [0.29, 0.717) is 0 Å². The molecule has 0 radical (unpaired) electrons. The van der Waals surface area contributed by atoms with Crippen LogP contribution in [0.2, 0.25) is 0 Å². The monoisotopic (exact) mass is 316 g/mol. The van der Waals surface area contributed by atoms with Gasteiger partial charge in [-0.15, -0.1) is 0 Å². The van der Waals surface area contributed by atoms with Crippen molar-refractivity contribution in [3.8, 4) is 0 Å². The molecule has 22 heavy (non-hydrogen) atoms. The van der Waals surface area contributed by atoms with Crippen LogP contribution in [-0.2, 0) is 28.7 Å². The van der Waals surface area contributed by atoms with Crippen molar-refractivity contribution >= 4 is 23.8 Å². The molecule has 1 heterocycles. The molecule has 0 spiro atoms. The van der Waals surface area contributed by atoms with Crippen LogP contribution in [0.25, 0.3) is 0 Å². The number of nitrogens with one attached hydrogen (secondary N) is 1. The molecule has 1 aliphatic rings. The normalized spacial score (nSPS) is 21.9. The lowest BCUT2D eigenvalue weighted by atomic mass is 10.1. The van der Waals surface area contributed by atoms with Crippen LogP contribution in [0.1, 0.15) is 19.8 Å². The van der Waals surface area contributed by atoms with Crippen molar-refractivity contribution in [3.05, 3.63) is 0 Å². The van der Waals surface area contributed by atoms with Crippen LogP contribution in [0.3, 0.4) is 0 Å². The van der Waals surface area contributed by atoms with Crippen LogP contribution in [-0.4, -0.2) is 72.7 Å². The van der Waals surface area contributed by atoms with Gasteiger partial charge in [0, 0.05) is 19.9 Å². The van der Waals surface area contributed by atoms with Crippen LogP contribution in [0, 0.1) is 0 Å². The number of aliphatic hydroxyl groups excluding tert-OH is 1. The molecule has 0 aromatic carbocycles. The van der Waals surface area contributed by atoms with Gasteiger partial charge < -0.3 is 24.8 Å². The van der Waals surface area contributed by atoms with Gasteiger partial charge in [0.2, 0.25) is 11.8 Å². The Labute approximate surface area is 127 Å². The number of hydrogen-bond donors (Lipinski definition) is 2. The second kappa shape index (κ2) is 7.74. The van der Waals surface area contributed by atoms with Crippen LogP contribution in [0.4, 0.5) is 0 Å². The van der Waals surface area contributed by atoms with E-state index in [1.807, 2.05) is 0 Å². The van der Waals surface area contributed by atoms with E-state index in [2.05, 4.69) is 14.8 Å². The summed E-state index contributed by atoms with van der Waals surface area (Å²) in [6.07, 6.45) is -1.13. The van der Waals surface area contributed by atoms with E-state index in [9.17, 15) is 24.3 Å². The number of aliphatic hydroxyl groups is 1. The van der Waals surface area contributed by atoms with Crippen LogP contribution < -0.4 is 5.32 Å². The molecule has 0 aromatic heterocycles. The van der Waals surface area contributed by atoms with Gasteiger partial charge in [-0.2, -0.15) is 0 Å². The average molecular weight is 316 g/mol. The van der Waals surface area contributed by atoms with Gasteiger partial charge in [0.15, 0.2) is 0 Å². The molecule has 0 aromatic rings. The molecule has 3 atom stereocenters. The zero-order chi connectivity index (χ0) is 16.9. The number of esters is 2. The number of ether oxygens (including phenoxy) is 2. The Morgan fingerprint density at radius 3 is 2.41 bits per heavy atom. The van der Waals surface area contributed by atoms with E-state index >= 15 is 0 Å². The van der Waals surface area contributed by atoms with E-state index < -0.39 is 36.0 Å². The number of carbonyl (C=O) groups is 4. The van der Waals surface area contributed by atoms with E-state index in [0.717, 1.165) is 14.2 Å². The largest absolute Gasteiger partial charge is 0.469 e. The number of methoxy groups -OCH3 is 2. The lowest BCUT2D eigenvalue weighted by molar-refractivity contribution is -0.151. The fourth-order valence-corrected chi connectivity index (χ4v) is 2.26. The summed E-state index contributed by atoms with van der Waals surface area (Å²) >= 11 is 0. The Balaban J connectivity index is 2.79. The van der Waals surface area contributed by atoms with Crippen LogP contribution >= 0.6 is 0 Å². The van der Waals surface area contributed by atoms with Crippen molar-refractivity contribution in [2.75, 3.05) is 20.8 Å². The van der Waals surface area contributed by atoms with Crippen LogP contribution in [0.5, 0.6) is 0 Å². The van der Waals surface area contributed by atoms with Gasteiger partial charge in [0.05, 0.1) is 26.7 Å². The zero-order valence-electron chi connectivity index (χ0n) is 12.7. The molecule has 0 aliphatic carbocycles. The molecule has 1 fully saturated rings. The summed E-state index contributed by atoms with van der Waals surface area (Å²) in [5.41, 5.74) is 0. The SMILES string of the molecule is COC(=O)C[C@H](NC(=O)[C@@H]1C[C@@H](O)CN1C(C)=O)C(=O)OC. The highest BCUT2D eigenvalue weighted by Crippen LogP contribution is 2.18. The molecule has 1 rings (SSSR count). The molecule has 2 N–H and O–H groups in total. The van der Waals surface area contributed by atoms with E-state index in [4.69, 9.17) is 0 Å². The Morgan fingerprint density at radius 1 is 1.27 bits per heavy atom. The quantitative estimate of drug-likeness (QED) is 0.573. The highest BCUT2D eigenvalue weighted by molar-refractivity contribution is 5.92. The van der Waals surface area contributed by atoms with Crippen LogP contribution in [0.15, 0.2) is 0 Å². The molecule has 9 nitrogen and oxygen atoms in total. The van der Waals surface area contributed by atoms with E-state index in [1.54, 1.807) is 0 Å². The number of hydrogen-bond acceptors (Lipinski definition) is 7. The Kier molecular flexibility index (Phi) is 6.29. The van der Waals surface area contributed by atoms with Crippen molar-refractivity contribution in [2.45, 2.75) is 38.0 Å². The molecule has 124 valence electrons. The van der Waals surface area contributed by atoms with Gasteiger partial charge in [-0.25, -0.2) is 4.79 Å². The molecule has 9 heteroatoms. The summed E-state index contributed by atoms with van der Waals surface area (Å²) in [6.45, 7) is 1.33. The summed E-state index contributed by atoms with van der Waals surface area (Å²) in [4.78, 5) is 47.8. The summed E-state index contributed by atoms with van der Waals surface area (Å²) in [7, 11) is 2.28. The Bertz CT molecular complexity index is 465. The van der Waals surface area contributed by atoms with Gasteiger partial charge in [-0.1, -0.05) is 0 Å². The number of nitrogens with zero attached hydrogens (tertiary/aromatic N) is 1. The Hall–Kier alpha value is -2.16. The van der Waals surface area contributed by atoms with Gasteiger partial charge in [0.25, 0.3) is 0 Å². The first-order chi connectivity index (χ1) is 10.3. The summed E-state index contributed by atoms with van der Waals surface area (Å²) in [6, 6.07) is -2.10. The van der Waals surface area contributed by atoms with Crippen molar-refractivity contribution in [1.82, 2.24) is 10.2 Å². The first-order valence-electron chi connectivity index (χ1n) is 6.70. The predicted molar refractivity (Wildman–Crippen MR) is 72.4 cm³/mol. The first-order valence-corrected chi connectivity index (χ1v) is 6.70. The second-order valence-corrected chi connectivity index (χ2v) is 4.94. The van der Waals surface area contributed by atoms with E-state index in [1.165, 1.54) is 11.8 Å². The fourth-order valence-electron chi connectivity index (χ4n) is 2.26. The van der Waals surface area contributed by atoms with Gasteiger partial charge >= 0.3 is 11.9 Å². The van der Waals surface area contributed by atoms with E-state index in [-0.39, 0.29) is 25.3 Å². The Morgan fingerprint density at radius 2 is 1.91 bits per heavy atom. The molecule has 0 bridgehead atoms. The maximum absolute atomic E-state index is 12.2. The smallest absolute Gasteiger partial charge is 0.328 e. The highest BCUT2D eigenvalue weighted by atomic mass is 16.5. The van der Waals surface area contributed by atoms with Gasteiger partial charge in [0.1, 0.15) is 12.1 Å². The third-order valence-electron chi connectivity index (χ3n) is 3.39. The number of carbonyl (C=O) groups excluding carboxylic acids is 4. The lowest BCUT2D eigenvalue weighted by Crippen LogP contribution is -2.51. The number of amides is 2. The number of β-amino-alcohol motifs (C(OH)–C–C–N with tert-alkyl or cyclic N) is 1. The van der Waals surface area contributed by atoms with Crippen molar-refractivity contribution < 1.29 is 33.8 Å². The maximum Gasteiger partial charge on any atom is 0.328 e. The molecule has 1 saturated heterocycles. The molecule has 0 saturated carbocycles. The molecule has 1 aliphatic heterocycles. The predicted octanol–water partition coefficient (Wildman–Crippen LogP) is -1.81. The minimum absolute atomic E-state index is 0.0489. The highest BCUT2D eigenvalue weighted by Gasteiger charge is 2.39. The summed E-state index contributed by atoms with van der Waals surface area (Å²) in [5, 5.41) is 12.0. The fraction of sp³-hybridized carbons (Fsp3) is 0.692. The van der Waals surface area contributed by atoms with Crippen molar-refractivity contribution in [2.24, 2.45) is 0 Å². The van der Waals surface area contributed by atoms with Gasteiger partial charge in [-0.05, 0) is 0 Å². The maximum atomic E-state index is 12.2. The van der Waals surface area contributed by atoms with Crippen molar-refractivity contribution in [3.63, 3.8) is 0 Å². The molecule has 2 amide bonds. The minimum Gasteiger partial charge on any atom is -0.469 e. The van der Waals surface area contributed by atoms with Crippen molar-refractivity contribution in [1.29, 1.82) is 0 Å². The number of likely N-dealkylation sites (tertiary alicyclic amines) is 1. The third-order valence-corrected chi connectivity index (χ3v) is 3.39. The molecular formula is C13H20N2O7. The topological polar surface area (TPSA) is 122 Å². The zero-order valence-corrected chi connectivity index (χ0v) is 12.7. The third kappa shape index (κ3) is 4.42. The summed E-state index contributed by atoms with van der Waals surface area (Å²) < 4.78 is 8.98. The molecular weight excluding hydrogens is 296 g/mol. The lowest BCUT2D eigenvalue weighted by Gasteiger charge is -2.24. The first kappa shape index (κ1) is 17.9. The number of rotatable bonds is 5. The average Bonchev–Trinajstić information content (AvgIpc) is 2.87. The standard InChI is InChI=1S/C13H20N2O7/c1-7(16)15-6-8(17)4-10(15)12(19)14-9(13(20)22-3)5-11(18)21-2/h8-10,17H,4-6H2,1-3H3,(H,14,19)/t8-,9+,10+/m1/s1. The summed E-state index contributed by atoms with van der Waals surface area (Å²) in [5.74, 6) is -2.48.